The fourth-order valence-electron chi connectivity index (χ4n) is 2.91. The molecule has 29 heavy (non-hydrogen) atoms. The number of unbranched alkanes of at least 4 members (excludes halogenated alkanes) is 1. The number of carbonyl (C=O) groups is 2. The highest BCUT2D eigenvalue weighted by molar-refractivity contribution is 6.03. The van der Waals surface area contributed by atoms with Crippen molar-refractivity contribution < 1.29 is 19.8 Å². The van der Waals surface area contributed by atoms with Crippen LogP contribution >= 0.6 is 0 Å². The number of carboxylic acid groups (broad SMARTS) is 2. The predicted octanol–water partition coefficient (Wildman–Crippen LogP) is 2.79. The van der Waals surface area contributed by atoms with Crippen molar-refractivity contribution in [2.24, 2.45) is 5.92 Å². The van der Waals surface area contributed by atoms with Gasteiger partial charge in [0.2, 0.25) is 0 Å². The summed E-state index contributed by atoms with van der Waals surface area (Å²) in [4.78, 5) is 22.5. The van der Waals surface area contributed by atoms with Gasteiger partial charge in [-0.05, 0) is 30.0 Å². The minimum atomic E-state index is -1.27. The summed E-state index contributed by atoms with van der Waals surface area (Å²) in [5, 5.41) is 38.6. The van der Waals surface area contributed by atoms with Gasteiger partial charge >= 0.3 is 11.9 Å². The van der Waals surface area contributed by atoms with Crippen molar-refractivity contribution in [3.63, 3.8) is 0 Å². The van der Waals surface area contributed by atoms with E-state index >= 15 is 0 Å². The number of aliphatic carboxylic acids is 2. The third-order valence-corrected chi connectivity index (χ3v) is 4.50. The molecule has 0 radical (unpaired) electrons. The minimum Gasteiger partial charge on any atom is -0.480 e. The average Bonchev–Trinajstić information content (AvgIpc) is 2.65. The first-order valence-electron chi connectivity index (χ1n) is 9.73. The van der Waals surface area contributed by atoms with E-state index in [2.05, 4.69) is 24.5 Å². The van der Waals surface area contributed by atoms with E-state index in [4.69, 9.17) is 21.0 Å². The standard InChI is InChI=1S/C20H31N5O4/c1-3-5-6-14(4-2)11-15-7-9-16(10-8-15)23-19(21)24-20(22)25(12-17(26)27)13-18(28)29/h7-10,14H,3-6,11-13H2,1-2H3,(H,26,27)(H,28,29)(H4,21,22,23,24). The Morgan fingerprint density at radius 3 is 2.14 bits per heavy atom. The number of nitrogens with zero attached hydrogens (tertiary/aromatic N) is 1. The molecule has 1 rings (SSSR count). The molecule has 0 fully saturated rings. The molecular formula is C20H31N5O4. The topological polar surface area (TPSA) is 150 Å². The SMILES string of the molecule is CCCCC(CC)Cc1ccc(NC(=N)NC(=N)N(CC(=O)O)CC(=O)O)cc1. The molecule has 0 aliphatic carbocycles. The van der Waals surface area contributed by atoms with Gasteiger partial charge in [-0.25, -0.2) is 0 Å². The van der Waals surface area contributed by atoms with Crippen LogP contribution in [0.2, 0.25) is 0 Å². The van der Waals surface area contributed by atoms with Crippen LogP contribution in [-0.2, 0) is 16.0 Å². The Balaban J connectivity index is 2.61. The van der Waals surface area contributed by atoms with Gasteiger partial charge in [0, 0.05) is 5.69 Å². The van der Waals surface area contributed by atoms with Gasteiger partial charge in [-0.15, -0.1) is 0 Å². The number of benzene rings is 1. The van der Waals surface area contributed by atoms with E-state index in [0.29, 0.717) is 11.6 Å². The van der Waals surface area contributed by atoms with E-state index in [1.54, 1.807) is 0 Å². The van der Waals surface area contributed by atoms with Crippen LogP contribution in [0.5, 0.6) is 0 Å². The smallest absolute Gasteiger partial charge is 0.323 e. The third kappa shape index (κ3) is 9.59. The zero-order chi connectivity index (χ0) is 21.8. The van der Waals surface area contributed by atoms with Crippen molar-refractivity contribution in [3.8, 4) is 0 Å². The Kier molecular flexibility index (Phi) is 10.2. The number of carboxylic acids is 2. The van der Waals surface area contributed by atoms with Gasteiger partial charge in [0.25, 0.3) is 0 Å². The van der Waals surface area contributed by atoms with Crippen molar-refractivity contribution in [1.29, 1.82) is 10.8 Å². The first-order valence-corrected chi connectivity index (χ1v) is 9.73. The molecule has 0 saturated heterocycles. The lowest BCUT2D eigenvalue weighted by molar-refractivity contribution is -0.140. The van der Waals surface area contributed by atoms with Crippen molar-refractivity contribution in [1.82, 2.24) is 10.2 Å². The van der Waals surface area contributed by atoms with Crippen LogP contribution in [0.1, 0.15) is 45.1 Å². The Morgan fingerprint density at radius 1 is 1.07 bits per heavy atom. The highest BCUT2D eigenvalue weighted by Crippen LogP contribution is 2.19. The second-order valence-electron chi connectivity index (χ2n) is 6.93. The summed E-state index contributed by atoms with van der Waals surface area (Å²) in [6.45, 7) is 3.09. The van der Waals surface area contributed by atoms with Crippen LogP contribution in [0, 0.1) is 16.7 Å². The molecule has 6 N–H and O–H groups in total. The Labute approximate surface area is 171 Å². The molecule has 1 aromatic carbocycles. The summed E-state index contributed by atoms with van der Waals surface area (Å²) >= 11 is 0. The molecule has 9 heteroatoms. The lowest BCUT2D eigenvalue weighted by Gasteiger charge is -2.22. The highest BCUT2D eigenvalue weighted by atomic mass is 16.4. The fourth-order valence-corrected chi connectivity index (χ4v) is 2.91. The maximum absolute atomic E-state index is 10.8. The fraction of sp³-hybridized carbons (Fsp3) is 0.500. The van der Waals surface area contributed by atoms with Crippen molar-refractivity contribution >= 4 is 29.5 Å². The van der Waals surface area contributed by atoms with Gasteiger partial charge in [0.05, 0.1) is 0 Å². The predicted molar refractivity (Wildman–Crippen MR) is 113 cm³/mol. The van der Waals surface area contributed by atoms with Crippen LogP contribution < -0.4 is 10.6 Å². The van der Waals surface area contributed by atoms with Gasteiger partial charge in [0.15, 0.2) is 11.9 Å². The summed E-state index contributed by atoms with van der Waals surface area (Å²) in [5.41, 5.74) is 1.86. The van der Waals surface area contributed by atoms with E-state index in [0.717, 1.165) is 17.7 Å². The molecule has 1 aromatic rings. The summed E-state index contributed by atoms with van der Waals surface area (Å²) in [6, 6.07) is 7.68. The highest BCUT2D eigenvalue weighted by Gasteiger charge is 2.17. The van der Waals surface area contributed by atoms with Gasteiger partial charge in [-0.1, -0.05) is 51.7 Å². The van der Waals surface area contributed by atoms with Crippen molar-refractivity contribution in [2.75, 3.05) is 18.4 Å². The summed E-state index contributed by atoms with van der Waals surface area (Å²) < 4.78 is 0. The number of guanidine groups is 2. The Morgan fingerprint density at radius 2 is 1.66 bits per heavy atom. The maximum Gasteiger partial charge on any atom is 0.323 e. The Hall–Kier alpha value is -3.10. The number of anilines is 1. The van der Waals surface area contributed by atoms with Gasteiger partial charge in [-0.2, -0.15) is 0 Å². The normalized spacial score (nSPS) is 11.4. The van der Waals surface area contributed by atoms with Crippen molar-refractivity contribution in [3.05, 3.63) is 29.8 Å². The average molecular weight is 405 g/mol. The van der Waals surface area contributed by atoms with Crippen molar-refractivity contribution in [2.45, 2.75) is 46.0 Å². The molecule has 0 heterocycles. The second-order valence-corrected chi connectivity index (χ2v) is 6.93. The lowest BCUT2D eigenvalue weighted by Crippen LogP contribution is -2.49. The quantitative estimate of drug-likeness (QED) is 0.245. The molecule has 9 nitrogen and oxygen atoms in total. The van der Waals surface area contributed by atoms with Gasteiger partial charge in [0.1, 0.15) is 13.1 Å². The molecular weight excluding hydrogens is 374 g/mol. The molecule has 1 unspecified atom stereocenters. The number of nitrogens with one attached hydrogen (secondary N) is 4. The summed E-state index contributed by atoms with van der Waals surface area (Å²) in [6.07, 6.45) is 5.79. The zero-order valence-electron chi connectivity index (χ0n) is 17.0. The number of hydrogen-bond donors (Lipinski definition) is 6. The molecule has 160 valence electrons. The third-order valence-electron chi connectivity index (χ3n) is 4.50. The molecule has 0 amide bonds. The van der Waals surface area contributed by atoms with E-state index < -0.39 is 31.0 Å². The van der Waals surface area contributed by atoms with Crippen LogP contribution in [0.15, 0.2) is 24.3 Å². The molecule has 0 aliphatic rings. The van der Waals surface area contributed by atoms with Crippen LogP contribution in [-0.4, -0.2) is 52.1 Å². The van der Waals surface area contributed by atoms with Gasteiger partial charge < -0.3 is 20.4 Å². The first-order chi connectivity index (χ1) is 13.7. The van der Waals surface area contributed by atoms with Crippen LogP contribution in [0.25, 0.3) is 0 Å². The Bertz CT molecular complexity index is 689. The van der Waals surface area contributed by atoms with Crippen LogP contribution in [0.4, 0.5) is 5.69 Å². The second kappa shape index (κ2) is 12.4. The van der Waals surface area contributed by atoms with Crippen LogP contribution in [0.3, 0.4) is 0 Å². The maximum atomic E-state index is 10.8. The van der Waals surface area contributed by atoms with Gasteiger partial charge in [-0.3, -0.25) is 25.7 Å². The van der Waals surface area contributed by atoms with E-state index in [1.165, 1.54) is 24.8 Å². The molecule has 1 atom stereocenters. The van der Waals surface area contributed by atoms with E-state index in [-0.39, 0.29) is 5.96 Å². The summed E-state index contributed by atoms with van der Waals surface area (Å²) in [5.74, 6) is -2.61. The zero-order valence-corrected chi connectivity index (χ0v) is 17.0. The lowest BCUT2D eigenvalue weighted by atomic mass is 9.92. The monoisotopic (exact) mass is 405 g/mol. The molecule has 0 aromatic heterocycles. The molecule has 0 saturated carbocycles. The number of hydrogen-bond acceptors (Lipinski definition) is 4. The minimum absolute atomic E-state index is 0.252. The molecule has 0 bridgehead atoms. The largest absolute Gasteiger partial charge is 0.480 e. The molecule has 0 spiro atoms. The molecule has 0 aliphatic heterocycles. The number of rotatable bonds is 11. The first kappa shape index (κ1) is 23.9. The van der Waals surface area contributed by atoms with E-state index in [1.807, 2.05) is 24.3 Å². The summed E-state index contributed by atoms with van der Waals surface area (Å²) in [7, 11) is 0. The van der Waals surface area contributed by atoms with E-state index in [9.17, 15) is 9.59 Å².